The van der Waals surface area contributed by atoms with E-state index >= 15 is 0 Å². The molecule has 1 saturated heterocycles. The van der Waals surface area contributed by atoms with Gasteiger partial charge in [0, 0.05) is 36.6 Å². The monoisotopic (exact) mass is 424 g/mol. The predicted molar refractivity (Wildman–Crippen MR) is 120 cm³/mol. The van der Waals surface area contributed by atoms with E-state index < -0.39 is 0 Å². The number of carbonyl (C=O) groups excluding carboxylic acids is 2. The molecule has 0 bridgehead atoms. The highest BCUT2D eigenvalue weighted by atomic mass is 35.5. The fraction of sp³-hybridized carbons (Fsp3) is 0.440. The zero-order chi connectivity index (χ0) is 20.9. The SMILES string of the molecule is O=C(C[C@H]1CC[C@H](c2cccc(CN3CCCC3=O)c2)CC1)Nc1ccc(Cl)cc1. The van der Waals surface area contributed by atoms with Crippen molar-refractivity contribution in [3.63, 3.8) is 0 Å². The normalized spacial score (nSPS) is 21.6. The van der Waals surface area contributed by atoms with Crippen molar-refractivity contribution < 1.29 is 9.59 Å². The molecule has 0 atom stereocenters. The molecule has 5 heteroatoms. The number of likely N-dealkylation sites (tertiary alicyclic amines) is 1. The Morgan fingerprint density at radius 3 is 2.53 bits per heavy atom. The van der Waals surface area contributed by atoms with Gasteiger partial charge >= 0.3 is 0 Å². The minimum absolute atomic E-state index is 0.0815. The molecule has 2 amide bonds. The van der Waals surface area contributed by atoms with Gasteiger partial charge in [-0.2, -0.15) is 0 Å². The molecule has 4 nitrogen and oxygen atoms in total. The second-order valence-electron chi connectivity index (χ2n) is 8.64. The number of halogens is 1. The van der Waals surface area contributed by atoms with Gasteiger partial charge < -0.3 is 10.2 Å². The van der Waals surface area contributed by atoms with Gasteiger partial charge in [0.25, 0.3) is 0 Å². The van der Waals surface area contributed by atoms with Crippen molar-refractivity contribution in [2.75, 3.05) is 11.9 Å². The lowest BCUT2D eigenvalue weighted by molar-refractivity contribution is -0.128. The van der Waals surface area contributed by atoms with Crippen LogP contribution in [0.1, 0.15) is 62.0 Å². The molecule has 1 saturated carbocycles. The second-order valence-corrected chi connectivity index (χ2v) is 9.08. The van der Waals surface area contributed by atoms with Crippen LogP contribution in [-0.2, 0) is 16.1 Å². The third-order valence-corrected chi connectivity index (χ3v) is 6.67. The van der Waals surface area contributed by atoms with Crippen molar-refractivity contribution in [1.82, 2.24) is 4.90 Å². The van der Waals surface area contributed by atoms with Crippen LogP contribution in [0.25, 0.3) is 0 Å². The van der Waals surface area contributed by atoms with E-state index in [0.29, 0.717) is 29.7 Å². The number of nitrogens with zero attached hydrogens (tertiary/aromatic N) is 1. The minimum atomic E-state index is 0.0815. The van der Waals surface area contributed by atoms with Gasteiger partial charge in [-0.05, 0) is 79.3 Å². The van der Waals surface area contributed by atoms with Crippen molar-refractivity contribution >= 4 is 29.1 Å². The number of hydrogen-bond donors (Lipinski definition) is 1. The second kappa shape index (κ2) is 9.65. The van der Waals surface area contributed by atoms with E-state index in [2.05, 4.69) is 29.6 Å². The van der Waals surface area contributed by atoms with Gasteiger partial charge in [-0.25, -0.2) is 0 Å². The van der Waals surface area contributed by atoms with Crippen LogP contribution in [0, 0.1) is 5.92 Å². The summed E-state index contributed by atoms with van der Waals surface area (Å²) < 4.78 is 0. The molecule has 2 fully saturated rings. The maximum absolute atomic E-state index is 12.4. The van der Waals surface area contributed by atoms with E-state index in [0.717, 1.165) is 50.9 Å². The summed E-state index contributed by atoms with van der Waals surface area (Å²) in [7, 11) is 0. The summed E-state index contributed by atoms with van der Waals surface area (Å²) in [5.74, 6) is 1.35. The molecule has 1 aliphatic carbocycles. The Kier molecular flexibility index (Phi) is 6.73. The molecule has 30 heavy (non-hydrogen) atoms. The zero-order valence-electron chi connectivity index (χ0n) is 17.3. The molecule has 2 aliphatic rings. The van der Waals surface area contributed by atoms with Gasteiger partial charge in [0.1, 0.15) is 0 Å². The van der Waals surface area contributed by atoms with Crippen LogP contribution in [-0.4, -0.2) is 23.3 Å². The highest BCUT2D eigenvalue weighted by Gasteiger charge is 2.25. The quantitative estimate of drug-likeness (QED) is 0.640. The molecule has 2 aromatic carbocycles. The Bertz CT molecular complexity index is 888. The highest BCUT2D eigenvalue weighted by Crippen LogP contribution is 2.37. The van der Waals surface area contributed by atoms with Crippen molar-refractivity contribution in [2.45, 2.75) is 57.4 Å². The summed E-state index contributed by atoms with van der Waals surface area (Å²) in [4.78, 5) is 26.3. The van der Waals surface area contributed by atoms with E-state index in [4.69, 9.17) is 11.6 Å². The molecule has 2 aromatic rings. The highest BCUT2D eigenvalue weighted by molar-refractivity contribution is 6.30. The van der Waals surface area contributed by atoms with Crippen molar-refractivity contribution in [2.24, 2.45) is 5.92 Å². The average Bonchev–Trinajstić information content (AvgIpc) is 3.15. The van der Waals surface area contributed by atoms with Crippen LogP contribution in [0.3, 0.4) is 0 Å². The van der Waals surface area contributed by atoms with Crippen LogP contribution in [0.15, 0.2) is 48.5 Å². The van der Waals surface area contributed by atoms with E-state index in [1.807, 2.05) is 17.0 Å². The topological polar surface area (TPSA) is 49.4 Å². The van der Waals surface area contributed by atoms with Crippen LogP contribution < -0.4 is 5.32 Å². The Morgan fingerprint density at radius 2 is 1.83 bits per heavy atom. The number of hydrogen-bond acceptors (Lipinski definition) is 2. The summed E-state index contributed by atoms with van der Waals surface area (Å²) in [6, 6.07) is 16.0. The van der Waals surface area contributed by atoms with Crippen LogP contribution in [0.2, 0.25) is 5.02 Å². The molecular formula is C25H29ClN2O2. The fourth-order valence-corrected chi connectivity index (χ4v) is 4.87. The third-order valence-electron chi connectivity index (χ3n) is 6.42. The molecule has 158 valence electrons. The van der Waals surface area contributed by atoms with E-state index in [1.165, 1.54) is 11.1 Å². The number of amides is 2. The summed E-state index contributed by atoms with van der Waals surface area (Å²) in [6.45, 7) is 1.61. The molecular weight excluding hydrogens is 396 g/mol. The minimum Gasteiger partial charge on any atom is -0.338 e. The molecule has 0 unspecified atom stereocenters. The van der Waals surface area contributed by atoms with Gasteiger partial charge in [0.15, 0.2) is 0 Å². The van der Waals surface area contributed by atoms with Gasteiger partial charge in [0.2, 0.25) is 11.8 Å². The van der Waals surface area contributed by atoms with Crippen LogP contribution in [0.5, 0.6) is 0 Å². The Labute approximate surface area is 183 Å². The maximum Gasteiger partial charge on any atom is 0.224 e. The first-order valence-electron chi connectivity index (χ1n) is 11.0. The molecule has 1 aliphatic heterocycles. The Balaban J connectivity index is 1.27. The Hall–Kier alpha value is -2.33. The number of carbonyl (C=O) groups is 2. The standard InChI is InChI=1S/C25H29ClN2O2/c26-22-10-12-23(13-11-22)27-24(29)16-18-6-8-20(9-7-18)21-4-1-3-19(15-21)17-28-14-2-5-25(28)30/h1,3-4,10-13,15,18,20H,2,5-9,14,16-17H2,(H,27,29)/t18-,20-. The van der Waals surface area contributed by atoms with Gasteiger partial charge in [0.05, 0.1) is 0 Å². The van der Waals surface area contributed by atoms with Gasteiger partial charge in [-0.3, -0.25) is 9.59 Å². The first-order valence-corrected chi connectivity index (χ1v) is 11.4. The van der Waals surface area contributed by atoms with E-state index in [9.17, 15) is 9.59 Å². The van der Waals surface area contributed by atoms with E-state index in [1.54, 1.807) is 12.1 Å². The summed E-state index contributed by atoms with van der Waals surface area (Å²) in [5.41, 5.74) is 3.40. The first-order chi connectivity index (χ1) is 14.6. The predicted octanol–water partition coefficient (Wildman–Crippen LogP) is 5.77. The average molecular weight is 425 g/mol. The van der Waals surface area contributed by atoms with Crippen LogP contribution >= 0.6 is 11.6 Å². The molecule has 0 aromatic heterocycles. The third kappa shape index (κ3) is 5.42. The lowest BCUT2D eigenvalue weighted by atomic mass is 9.77. The van der Waals surface area contributed by atoms with E-state index in [-0.39, 0.29) is 11.8 Å². The van der Waals surface area contributed by atoms with Crippen LogP contribution in [0.4, 0.5) is 5.69 Å². The number of anilines is 1. The lowest BCUT2D eigenvalue weighted by Gasteiger charge is -2.29. The number of nitrogens with one attached hydrogen (secondary N) is 1. The maximum atomic E-state index is 12.4. The number of benzene rings is 2. The van der Waals surface area contributed by atoms with Crippen molar-refractivity contribution in [3.05, 3.63) is 64.7 Å². The first kappa shape index (κ1) is 20.9. The van der Waals surface area contributed by atoms with Crippen molar-refractivity contribution in [1.29, 1.82) is 0 Å². The molecule has 1 N–H and O–H groups in total. The Morgan fingerprint density at radius 1 is 1.07 bits per heavy atom. The molecule has 0 radical (unpaired) electrons. The lowest BCUT2D eigenvalue weighted by Crippen LogP contribution is -2.24. The molecule has 4 rings (SSSR count). The fourth-order valence-electron chi connectivity index (χ4n) is 4.74. The zero-order valence-corrected chi connectivity index (χ0v) is 18.0. The largest absolute Gasteiger partial charge is 0.338 e. The smallest absolute Gasteiger partial charge is 0.224 e. The summed E-state index contributed by atoms with van der Waals surface area (Å²) in [6.07, 6.45) is 6.63. The number of rotatable bonds is 6. The van der Waals surface area contributed by atoms with Crippen molar-refractivity contribution in [3.8, 4) is 0 Å². The van der Waals surface area contributed by atoms with Gasteiger partial charge in [-0.15, -0.1) is 0 Å². The molecule has 1 heterocycles. The molecule has 0 spiro atoms. The van der Waals surface area contributed by atoms with Gasteiger partial charge in [-0.1, -0.05) is 35.9 Å². The summed E-state index contributed by atoms with van der Waals surface area (Å²) >= 11 is 5.90. The summed E-state index contributed by atoms with van der Waals surface area (Å²) in [5, 5.41) is 3.64.